The second-order valence-electron chi connectivity index (χ2n) is 6.98. The number of anilines is 1. The second-order valence-corrected chi connectivity index (χ2v) is 8.69. The van der Waals surface area contributed by atoms with Gasteiger partial charge in [0.1, 0.15) is 0 Å². The van der Waals surface area contributed by atoms with Gasteiger partial charge in [-0.2, -0.15) is 5.26 Å². The van der Waals surface area contributed by atoms with Crippen LogP contribution in [0.1, 0.15) is 54.4 Å². The van der Waals surface area contributed by atoms with Crippen molar-refractivity contribution in [2.24, 2.45) is 0 Å². The van der Waals surface area contributed by atoms with E-state index in [1.165, 1.54) is 12.1 Å². The lowest BCUT2D eigenvalue weighted by Gasteiger charge is -2.16. The van der Waals surface area contributed by atoms with Gasteiger partial charge in [0.2, 0.25) is 10.0 Å². The Hall–Kier alpha value is -2.69. The molecule has 2 aromatic rings. The first-order chi connectivity index (χ1) is 13.5. The monoisotopic (exact) mass is 397 g/mol. The molecule has 3 rings (SSSR count). The maximum absolute atomic E-state index is 12.7. The van der Waals surface area contributed by atoms with Gasteiger partial charge >= 0.3 is 0 Å². The summed E-state index contributed by atoms with van der Waals surface area (Å²) >= 11 is 0. The predicted octanol–water partition coefficient (Wildman–Crippen LogP) is 3.81. The summed E-state index contributed by atoms with van der Waals surface area (Å²) in [6.45, 7) is 0. The van der Waals surface area contributed by atoms with E-state index in [4.69, 9.17) is 5.26 Å². The molecular formula is C21H23N3O3S. The SMILES string of the molecule is N#Cc1ccc(NC(=O)c2cccc(S(=O)(=O)NC3CCCCCC3)c2)cc1. The average Bonchev–Trinajstić information content (AvgIpc) is 2.97. The molecule has 1 saturated carbocycles. The van der Waals surface area contributed by atoms with Crippen molar-refractivity contribution >= 4 is 21.6 Å². The summed E-state index contributed by atoms with van der Waals surface area (Å²) in [6.07, 6.45) is 6.03. The molecule has 6 nitrogen and oxygen atoms in total. The third-order valence-electron chi connectivity index (χ3n) is 4.86. The van der Waals surface area contributed by atoms with E-state index in [1.807, 2.05) is 6.07 Å². The molecule has 0 unspecified atom stereocenters. The van der Waals surface area contributed by atoms with Crippen LogP contribution in [-0.2, 0) is 10.0 Å². The molecule has 0 saturated heterocycles. The zero-order valence-electron chi connectivity index (χ0n) is 15.5. The maximum Gasteiger partial charge on any atom is 0.255 e. The molecule has 2 N–H and O–H groups in total. The van der Waals surface area contributed by atoms with Crippen LogP contribution in [0.15, 0.2) is 53.4 Å². The highest BCUT2D eigenvalue weighted by Crippen LogP contribution is 2.20. The number of carbonyl (C=O) groups excluding carboxylic acids is 1. The third-order valence-corrected chi connectivity index (χ3v) is 6.37. The molecule has 0 heterocycles. The number of sulfonamides is 1. The van der Waals surface area contributed by atoms with Gasteiger partial charge < -0.3 is 5.32 Å². The van der Waals surface area contributed by atoms with Crippen LogP contribution in [0.5, 0.6) is 0 Å². The van der Waals surface area contributed by atoms with E-state index in [0.717, 1.165) is 38.5 Å². The number of nitriles is 1. The first-order valence-electron chi connectivity index (χ1n) is 9.42. The van der Waals surface area contributed by atoms with E-state index >= 15 is 0 Å². The van der Waals surface area contributed by atoms with E-state index in [1.54, 1.807) is 36.4 Å². The number of hydrogen-bond acceptors (Lipinski definition) is 4. The fourth-order valence-corrected chi connectivity index (χ4v) is 4.67. The quantitative estimate of drug-likeness (QED) is 0.749. The minimum Gasteiger partial charge on any atom is -0.322 e. The van der Waals surface area contributed by atoms with Crippen molar-refractivity contribution in [2.45, 2.75) is 49.5 Å². The number of rotatable bonds is 5. The molecule has 1 aliphatic rings. The zero-order valence-corrected chi connectivity index (χ0v) is 16.3. The Morgan fingerprint density at radius 1 is 1.00 bits per heavy atom. The summed E-state index contributed by atoms with van der Waals surface area (Å²) in [5.74, 6) is -0.406. The van der Waals surface area contributed by atoms with Crippen molar-refractivity contribution in [3.8, 4) is 6.07 Å². The fraction of sp³-hybridized carbons (Fsp3) is 0.333. The number of hydrogen-bond donors (Lipinski definition) is 2. The topological polar surface area (TPSA) is 99.1 Å². The van der Waals surface area contributed by atoms with Gasteiger partial charge in [0, 0.05) is 17.3 Å². The molecule has 2 aromatic carbocycles. The highest BCUT2D eigenvalue weighted by Gasteiger charge is 2.22. The lowest BCUT2D eigenvalue weighted by molar-refractivity contribution is 0.102. The first kappa shape index (κ1) is 20.1. The predicted molar refractivity (Wildman–Crippen MR) is 107 cm³/mol. The standard InChI is InChI=1S/C21H23N3O3S/c22-15-16-10-12-18(13-11-16)23-21(25)17-6-5-9-20(14-17)28(26,27)24-19-7-3-1-2-4-8-19/h5-6,9-14,19,24H,1-4,7-8H2,(H,23,25). The van der Waals surface area contributed by atoms with Crippen molar-refractivity contribution in [3.63, 3.8) is 0 Å². The highest BCUT2D eigenvalue weighted by atomic mass is 32.2. The maximum atomic E-state index is 12.7. The summed E-state index contributed by atoms with van der Waals surface area (Å²) in [6, 6.07) is 14.5. The molecule has 0 bridgehead atoms. The molecule has 7 heteroatoms. The van der Waals surface area contributed by atoms with Gasteiger partial charge in [-0.15, -0.1) is 0 Å². The highest BCUT2D eigenvalue weighted by molar-refractivity contribution is 7.89. The van der Waals surface area contributed by atoms with Gasteiger partial charge in [0.25, 0.3) is 5.91 Å². The lowest BCUT2D eigenvalue weighted by atomic mass is 10.1. The smallest absolute Gasteiger partial charge is 0.255 e. The summed E-state index contributed by atoms with van der Waals surface area (Å²) < 4.78 is 28.3. The third kappa shape index (κ3) is 5.18. The first-order valence-corrected chi connectivity index (χ1v) is 10.9. The number of carbonyl (C=O) groups is 1. The number of amides is 1. The Morgan fingerprint density at radius 2 is 1.68 bits per heavy atom. The molecule has 28 heavy (non-hydrogen) atoms. The molecule has 1 aliphatic carbocycles. The van der Waals surface area contributed by atoms with Crippen molar-refractivity contribution in [3.05, 3.63) is 59.7 Å². The summed E-state index contributed by atoms with van der Waals surface area (Å²) in [7, 11) is -3.68. The van der Waals surface area contributed by atoms with Crippen LogP contribution in [-0.4, -0.2) is 20.4 Å². The van der Waals surface area contributed by atoms with E-state index in [9.17, 15) is 13.2 Å². The molecule has 0 radical (unpaired) electrons. The van der Waals surface area contributed by atoms with Crippen molar-refractivity contribution < 1.29 is 13.2 Å². The van der Waals surface area contributed by atoms with Crippen LogP contribution in [0.25, 0.3) is 0 Å². The fourth-order valence-electron chi connectivity index (χ4n) is 3.32. The summed E-state index contributed by atoms with van der Waals surface area (Å²) in [5, 5.41) is 11.5. The normalized spacial score (nSPS) is 15.4. The van der Waals surface area contributed by atoms with Gasteiger partial charge in [0.15, 0.2) is 0 Å². The Morgan fingerprint density at radius 3 is 2.32 bits per heavy atom. The number of nitrogens with one attached hydrogen (secondary N) is 2. The van der Waals surface area contributed by atoms with E-state index in [2.05, 4.69) is 10.0 Å². The minimum absolute atomic E-state index is 0.0522. The van der Waals surface area contributed by atoms with Crippen LogP contribution in [0.3, 0.4) is 0 Å². The van der Waals surface area contributed by atoms with Gasteiger partial charge in [0.05, 0.1) is 16.5 Å². The Bertz CT molecular complexity index is 971. The van der Waals surface area contributed by atoms with Gasteiger partial charge in [-0.3, -0.25) is 4.79 Å². The largest absolute Gasteiger partial charge is 0.322 e. The molecule has 0 atom stereocenters. The van der Waals surface area contributed by atoms with Crippen molar-refractivity contribution in [1.29, 1.82) is 5.26 Å². The molecular weight excluding hydrogens is 374 g/mol. The van der Waals surface area contributed by atoms with Gasteiger partial charge in [-0.1, -0.05) is 31.7 Å². The van der Waals surface area contributed by atoms with E-state index < -0.39 is 15.9 Å². The molecule has 146 valence electrons. The Labute approximate surface area is 165 Å². The summed E-state index contributed by atoms with van der Waals surface area (Å²) in [5.41, 5.74) is 1.29. The van der Waals surface area contributed by atoms with Crippen LogP contribution >= 0.6 is 0 Å². The summed E-state index contributed by atoms with van der Waals surface area (Å²) in [4.78, 5) is 12.6. The van der Waals surface area contributed by atoms with Gasteiger partial charge in [-0.05, 0) is 55.3 Å². The van der Waals surface area contributed by atoms with E-state index in [0.29, 0.717) is 11.3 Å². The van der Waals surface area contributed by atoms with Crippen LogP contribution in [0.2, 0.25) is 0 Å². The average molecular weight is 398 g/mol. The van der Waals surface area contributed by atoms with Crippen LogP contribution in [0, 0.1) is 11.3 Å². The molecule has 0 spiro atoms. The van der Waals surface area contributed by atoms with Gasteiger partial charge in [-0.25, -0.2) is 13.1 Å². The van der Waals surface area contributed by atoms with Crippen molar-refractivity contribution in [1.82, 2.24) is 4.72 Å². The number of benzene rings is 2. The van der Waals surface area contributed by atoms with Crippen molar-refractivity contribution in [2.75, 3.05) is 5.32 Å². The molecule has 0 aliphatic heterocycles. The minimum atomic E-state index is -3.68. The molecule has 1 fully saturated rings. The van der Waals surface area contributed by atoms with Crippen LogP contribution in [0.4, 0.5) is 5.69 Å². The second kappa shape index (κ2) is 9.00. The Kier molecular flexibility index (Phi) is 6.45. The molecule has 1 amide bonds. The van der Waals surface area contributed by atoms with Crippen LogP contribution < -0.4 is 10.0 Å². The molecule has 0 aromatic heterocycles. The number of nitrogens with zero attached hydrogens (tertiary/aromatic N) is 1. The Balaban J connectivity index is 1.73. The zero-order chi connectivity index (χ0) is 20.0. The van der Waals surface area contributed by atoms with E-state index in [-0.39, 0.29) is 16.5 Å². The lowest BCUT2D eigenvalue weighted by Crippen LogP contribution is -2.34.